The number of ether oxygens (including phenoxy) is 1. The Morgan fingerprint density at radius 2 is 2.11 bits per heavy atom. The lowest BCUT2D eigenvalue weighted by molar-refractivity contribution is -0.120. The van der Waals surface area contributed by atoms with Crippen molar-refractivity contribution in [3.8, 4) is 0 Å². The van der Waals surface area contributed by atoms with Crippen LogP contribution >= 0.6 is 0 Å². The lowest BCUT2D eigenvalue weighted by atomic mass is 10.1. The standard InChI is InChI=1S/C13H18F2N2O2/c14-11-3-2-10(12(15)9-11)8-13(18)17-5-1-6-19-7-4-16/h2-3,9H,1,4-8,16H2,(H,17,18). The van der Waals surface area contributed by atoms with Gasteiger partial charge in [-0.15, -0.1) is 0 Å². The molecule has 1 rings (SSSR count). The largest absolute Gasteiger partial charge is 0.380 e. The van der Waals surface area contributed by atoms with Gasteiger partial charge in [0.25, 0.3) is 0 Å². The van der Waals surface area contributed by atoms with Gasteiger partial charge < -0.3 is 15.8 Å². The van der Waals surface area contributed by atoms with Gasteiger partial charge in [0.15, 0.2) is 0 Å². The van der Waals surface area contributed by atoms with Crippen molar-refractivity contribution in [2.45, 2.75) is 12.8 Å². The number of amides is 1. The molecule has 6 heteroatoms. The fourth-order valence-corrected chi connectivity index (χ4v) is 1.49. The van der Waals surface area contributed by atoms with E-state index in [2.05, 4.69) is 5.32 Å². The predicted molar refractivity (Wildman–Crippen MR) is 67.6 cm³/mol. The van der Waals surface area contributed by atoms with Crippen LogP contribution in [-0.2, 0) is 16.0 Å². The number of benzene rings is 1. The van der Waals surface area contributed by atoms with Crippen molar-refractivity contribution >= 4 is 5.91 Å². The molecule has 0 aromatic heterocycles. The van der Waals surface area contributed by atoms with Gasteiger partial charge in [-0.3, -0.25) is 4.79 Å². The summed E-state index contributed by atoms with van der Waals surface area (Å²) in [4.78, 5) is 11.5. The minimum atomic E-state index is -0.707. The monoisotopic (exact) mass is 272 g/mol. The Labute approximate surface area is 110 Å². The molecule has 0 radical (unpaired) electrons. The summed E-state index contributed by atoms with van der Waals surface area (Å²) >= 11 is 0. The molecule has 4 nitrogen and oxygen atoms in total. The number of carbonyl (C=O) groups excluding carboxylic acids is 1. The first kappa shape index (κ1) is 15.5. The summed E-state index contributed by atoms with van der Waals surface area (Å²) in [7, 11) is 0. The number of hydrogen-bond donors (Lipinski definition) is 2. The molecular weight excluding hydrogens is 254 g/mol. The van der Waals surface area contributed by atoms with Crippen molar-refractivity contribution in [2.24, 2.45) is 5.73 Å². The highest BCUT2D eigenvalue weighted by Crippen LogP contribution is 2.09. The van der Waals surface area contributed by atoms with Gasteiger partial charge in [0.05, 0.1) is 13.0 Å². The van der Waals surface area contributed by atoms with Crippen LogP contribution in [-0.4, -0.2) is 32.2 Å². The number of carbonyl (C=O) groups is 1. The fourth-order valence-electron chi connectivity index (χ4n) is 1.49. The van der Waals surface area contributed by atoms with Crippen molar-refractivity contribution in [2.75, 3.05) is 26.3 Å². The fraction of sp³-hybridized carbons (Fsp3) is 0.462. The van der Waals surface area contributed by atoms with Gasteiger partial charge in [-0.25, -0.2) is 8.78 Å². The Kier molecular flexibility index (Phi) is 6.99. The highest BCUT2D eigenvalue weighted by atomic mass is 19.1. The van der Waals surface area contributed by atoms with E-state index < -0.39 is 11.6 Å². The van der Waals surface area contributed by atoms with Crippen molar-refractivity contribution < 1.29 is 18.3 Å². The molecule has 0 aliphatic carbocycles. The third-order valence-electron chi connectivity index (χ3n) is 2.42. The predicted octanol–water partition coefficient (Wildman–Crippen LogP) is 0.989. The summed E-state index contributed by atoms with van der Waals surface area (Å²) in [5.41, 5.74) is 5.42. The van der Waals surface area contributed by atoms with Gasteiger partial charge >= 0.3 is 0 Å². The summed E-state index contributed by atoms with van der Waals surface area (Å²) in [5.74, 6) is -1.66. The van der Waals surface area contributed by atoms with E-state index in [9.17, 15) is 13.6 Å². The molecule has 0 saturated heterocycles. The lowest BCUT2D eigenvalue weighted by Gasteiger charge is -2.06. The summed E-state index contributed by atoms with van der Waals surface area (Å²) in [6, 6.07) is 3.17. The number of halogens is 2. The van der Waals surface area contributed by atoms with Crippen LogP contribution in [0.4, 0.5) is 8.78 Å². The summed E-state index contributed by atoms with van der Waals surface area (Å²) in [6.07, 6.45) is 0.563. The Morgan fingerprint density at radius 1 is 1.32 bits per heavy atom. The molecule has 0 saturated carbocycles. The highest BCUT2D eigenvalue weighted by Gasteiger charge is 2.08. The molecule has 0 aliphatic rings. The average Bonchev–Trinajstić information content (AvgIpc) is 2.37. The molecular formula is C13H18F2N2O2. The molecule has 1 aromatic carbocycles. The lowest BCUT2D eigenvalue weighted by Crippen LogP contribution is -2.27. The number of nitrogens with two attached hydrogens (primary N) is 1. The molecule has 0 spiro atoms. The number of nitrogens with one attached hydrogen (secondary N) is 1. The van der Waals surface area contributed by atoms with Gasteiger partial charge in [-0.1, -0.05) is 6.07 Å². The van der Waals surface area contributed by atoms with E-state index in [0.29, 0.717) is 32.7 Å². The molecule has 1 amide bonds. The average molecular weight is 272 g/mol. The Balaban J connectivity index is 2.23. The van der Waals surface area contributed by atoms with E-state index >= 15 is 0 Å². The normalized spacial score (nSPS) is 10.5. The molecule has 0 heterocycles. The van der Waals surface area contributed by atoms with E-state index in [0.717, 1.165) is 12.1 Å². The third kappa shape index (κ3) is 6.26. The summed E-state index contributed by atoms with van der Waals surface area (Å²) in [5, 5.41) is 2.64. The molecule has 0 atom stereocenters. The van der Waals surface area contributed by atoms with Crippen molar-refractivity contribution in [3.05, 3.63) is 35.4 Å². The quantitative estimate of drug-likeness (QED) is 0.694. The molecule has 0 aliphatic heterocycles. The smallest absolute Gasteiger partial charge is 0.224 e. The van der Waals surface area contributed by atoms with Crippen LogP contribution in [0, 0.1) is 11.6 Å². The molecule has 106 valence electrons. The maximum absolute atomic E-state index is 13.3. The first-order valence-corrected chi connectivity index (χ1v) is 6.12. The van der Waals surface area contributed by atoms with Crippen LogP contribution in [0.15, 0.2) is 18.2 Å². The van der Waals surface area contributed by atoms with Gasteiger partial charge in [0.2, 0.25) is 5.91 Å². The van der Waals surface area contributed by atoms with E-state index in [-0.39, 0.29) is 17.9 Å². The maximum Gasteiger partial charge on any atom is 0.224 e. The Bertz CT molecular complexity index is 414. The molecule has 0 unspecified atom stereocenters. The highest BCUT2D eigenvalue weighted by molar-refractivity contribution is 5.78. The Morgan fingerprint density at radius 3 is 2.79 bits per heavy atom. The van der Waals surface area contributed by atoms with E-state index in [1.165, 1.54) is 6.07 Å². The zero-order valence-corrected chi connectivity index (χ0v) is 10.6. The van der Waals surface area contributed by atoms with E-state index in [1.807, 2.05) is 0 Å². The van der Waals surface area contributed by atoms with Crippen molar-refractivity contribution in [1.29, 1.82) is 0 Å². The second kappa shape index (κ2) is 8.55. The molecule has 0 fully saturated rings. The van der Waals surface area contributed by atoms with Crippen LogP contribution in [0.1, 0.15) is 12.0 Å². The van der Waals surface area contributed by atoms with Crippen molar-refractivity contribution in [1.82, 2.24) is 5.32 Å². The summed E-state index contributed by atoms with van der Waals surface area (Å²) in [6.45, 7) is 1.93. The van der Waals surface area contributed by atoms with Gasteiger partial charge in [0, 0.05) is 25.8 Å². The first-order valence-electron chi connectivity index (χ1n) is 6.12. The second-order valence-corrected chi connectivity index (χ2v) is 4.02. The first-order chi connectivity index (χ1) is 9.13. The van der Waals surface area contributed by atoms with E-state index in [4.69, 9.17) is 10.5 Å². The number of hydrogen-bond acceptors (Lipinski definition) is 3. The zero-order valence-electron chi connectivity index (χ0n) is 10.6. The topological polar surface area (TPSA) is 64.3 Å². The zero-order chi connectivity index (χ0) is 14.1. The van der Waals surface area contributed by atoms with Crippen LogP contribution < -0.4 is 11.1 Å². The van der Waals surface area contributed by atoms with Gasteiger partial charge in [-0.2, -0.15) is 0 Å². The van der Waals surface area contributed by atoms with Gasteiger partial charge in [0.1, 0.15) is 11.6 Å². The minimum Gasteiger partial charge on any atom is -0.380 e. The SMILES string of the molecule is NCCOCCCNC(=O)Cc1ccc(F)cc1F. The second-order valence-electron chi connectivity index (χ2n) is 4.02. The van der Waals surface area contributed by atoms with Crippen molar-refractivity contribution in [3.63, 3.8) is 0 Å². The van der Waals surface area contributed by atoms with E-state index in [1.54, 1.807) is 0 Å². The number of rotatable bonds is 8. The van der Waals surface area contributed by atoms with Gasteiger partial charge in [-0.05, 0) is 18.1 Å². The van der Waals surface area contributed by atoms with Crippen LogP contribution in [0.25, 0.3) is 0 Å². The summed E-state index contributed by atoms with van der Waals surface area (Å²) < 4.78 is 31.1. The molecule has 0 bridgehead atoms. The van der Waals surface area contributed by atoms with Crippen LogP contribution in [0.2, 0.25) is 0 Å². The molecule has 3 N–H and O–H groups in total. The minimum absolute atomic E-state index is 0.101. The van der Waals surface area contributed by atoms with Crippen LogP contribution in [0.5, 0.6) is 0 Å². The molecule has 19 heavy (non-hydrogen) atoms. The third-order valence-corrected chi connectivity index (χ3v) is 2.42. The Hall–Kier alpha value is -1.53. The molecule has 1 aromatic rings. The maximum atomic E-state index is 13.3. The van der Waals surface area contributed by atoms with Crippen LogP contribution in [0.3, 0.4) is 0 Å².